The maximum Gasteiger partial charge on any atom is 0.472 e. The Morgan fingerprint density at radius 3 is 1.65 bits per heavy atom. The standard InChI is InChI=1S/C47H77O14P/c1-3-5-7-8-9-10-11-12-13-14-17-21-24-27-31-35-41(50)60-39(37-59-62(56,57)61-47-45(54)43(52)42(51)44(53)46(47)55)36-58-40(49)34-30-26-23-20-18-15-16-19-22-25-29-33-38(48)32-28-6-4-2/h9-10,12-13,15-17,20-23,25,29,33,38-39,42-48,51-55H,3-8,11,14,18-19,24,26-28,30-32,34-37H2,1-2H3,(H,56,57)/b10-9-,13-12-,16-15-,21-17-,23-20-,25-22-,33-29+/t38-,39-,42?,43-,44+,45-,46-,47?/m1/s1. The van der Waals surface area contributed by atoms with Crippen LogP contribution < -0.4 is 0 Å². The van der Waals surface area contributed by atoms with Crippen LogP contribution in [-0.2, 0) is 32.7 Å². The minimum Gasteiger partial charge on any atom is -0.462 e. The fourth-order valence-electron chi connectivity index (χ4n) is 6.10. The monoisotopic (exact) mass is 897 g/mol. The van der Waals surface area contributed by atoms with Crippen LogP contribution in [0, 0.1) is 0 Å². The minimum atomic E-state index is -5.16. The van der Waals surface area contributed by atoms with Gasteiger partial charge in [-0.15, -0.1) is 0 Å². The lowest BCUT2D eigenvalue weighted by Crippen LogP contribution is -2.64. The average Bonchev–Trinajstić information content (AvgIpc) is 3.25. The third-order valence-corrected chi connectivity index (χ3v) is 10.8. The first-order valence-electron chi connectivity index (χ1n) is 22.5. The molecule has 0 spiro atoms. The zero-order chi connectivity index (χ0) is 45.9. The highest BCUT2D eigenvalue weighted by molar-refractivity contribution is 7.47. The van der Waals surface area contributed by atoms with Crippen LogP contribution in [0.1, 0.15) is 136 Å². The van der Waals surface area contributed by atoms with E-state index in [-0.39, 0.29) is 12.8 Å². The van der Waals surface area contributed by atoms with Crippen molar-refractivity contribution in [2.24, 2.45) is 0 Å². The number of unbranched alkanes of at least 4 members (excludes halogenated alkanes) is 8. The molecular formula is C47H77O14P. The molecule has 15 heteroatoms. The molecule has 0 aromatic carbocycles. The first kappa shape index (κ1) is 57.0. The van der Waals surface area contributed by atoms with Crippen molar-refractivity contribution >= 4 is 19.8 Å². The smallest absolute Gasteiger partial charge is 0.462 e. The second kappa shape index (κ2) is 36.3. The fourth-order valence-corrected chi connectivity index (χ4v) is 7.07. The Hall–Kier alpha value is -3.01. The van der Waals surface area contributed by atoms with Gasteiger partial charge in [0.05, 0.1) is 12.7 Å². The van der Waals surface area contributed by atoms with E-state index in [0.717, 1.165) is 64.2 Å². The summed E-state index contributed by atoms with van der Waals surface area (Å²) in [5.41, 5.74) is 0. The summed E-state index contributed by atoms with van der Waals surface area (Å²) in [6.45, 7) is 3.04. The molecule has 0 saturated heterocycles. The van der Waals surface area contributed by atoms with E-state index < -0.39 is 81.8 Å². The number of hydrogen-bond acceptors (Lipinski definition) is 13. The number of ether oxygens (including phenoxy) is 2. The Bertz CT molecular complexity index is 1420. The lowest BCUT2D eigenvalue weighted by atomic mass is 9.85. The molecule has 0 radical (unpaired) electrons. The van der Waals surface area contributed by atoms with Gasteiger partial charge in [-0.05, 0) is 77.0 Å². The van der Waals surface area contributed by atoms with Crippen LogP contribution in [0.25, 0.3) is 0 Å². The number of phosphoric acid groups is 1. The van der Waals surface area contributed by atoms with Crippen LogP contribution in [0.4, 0.5) is 0 Å². The largest absolute Gasteiger partial charge is 0.472 e. The van der Waals surface area contributed by atoms with E-state index in [1.54, 1.807) is 6.08 Å². The molecule has 14 nitrogen and oxygen atoms in total. The van der Waals surface area contributed by atoms with Gasteiger partial charge < -0.3 is 45.0 Å². The van der Waals surface area contributed by atoms with Crippen molar-refractivity contribution in [2.75, 3.05) is 13.2 Å². The molecule has 1 aliphatic rings. The molecule has 9 atom stereocenters. The summed E-state index contributed by atoms with van der Waals surface area (Å²) in [5, 5.41) is 60.0. The second-order valence-electron chi connectivity index (χ2n) is 15.4. The van der Waals surface area contributed by atoms with Crippen molar-refractivity contribution < 1.29 is 68.2 Å². The Morgan fingerprint density at radius 1 is 0.581 bits per heavy atom. The number of esters is 2. The molecule has 0 aromatic rings. The molecule has 3 unspecified atom stereocenters. The normalized spacial score (nSPS) is 23.2. The first-order chi connectivity index (χ1) is 29.8. The van der Waals surface area contributed by atoms with Crippen molar-refractivity contribution in [2.45, 2.75) is 185 Å². The summed E-state index contributed by atoms with van der Waals surface area (Å²) in [6, 6.07) is 0. The van der Waals surface area contributed by atoms with Gasteiger partial charge in [0.15, 0.2) is 6.10 Å². The number of carbonyl (C=O) groups excluding carboxylic acids is 2. The van der Waals surface area contributed by atoms with E-state index in [9.17, 15) is 49.7 Å². The quantitative estimate of drug-likeness (QED) is 0.0108. The zero-order valence-electron chi connectivity index (χ0n) is 37.0. The molecule has 1 rings (SSSR count). The number of aliphatic hydroxyl groups excluding tert-OH is 6. The summed E-state index contributed by atoms with van der Waals surface area (Å²) in [6.07, 6.45) is 29.7. The van der Waals surface area contributed by atoms with E-state index in [2.05, 4.69) is 44.2 Å². The Labute approximate surface area is 370 Å². The van der Waals surface area contributed by atoms with Crippen LogP contribution in [0.15, 0.2) is 85.1 Å². The van der Waals surface area contributed by atoms with Gasteiger partial charge in [0.2, 0.25) is 0 Å². The van der Waals surface area contributed by atoms with Crippen LogP contribution in [0.3, 0.4) is 0 Å². The Kier molecular flexibility index (Phi) is 33.4. The average molecular weight is 897 g/mol. The fraction of sp³-hybridized carbons (Fsp3) is 0.660. The van der Waals surface area contributed by atoms with Crippen LogP contribution in [-0.4, -0.2) is 110 Å². The van der Waals surface area contributed by atoms with E-state index in [0.29, 0.717) is 25.7 Å². The summed E-state index contributed by atoms with van der Waals surface area (Å²) in [7, 11) is -5.16. The van der Waals surface area contributed by atoms with Gasteiger partial charge in [0, 0.05) is 12.8 Å². The first-order valence-corrected chi connectivity index (χ1v) is 24.0. The van der Waals surface area contributed by atoms with Gasteiger partial charge in [-0.2, -0.15) is 0 Å². The van der Waals surface area contributed by atoms with E-state index >= 15 is 0 Å². The summed E-state index contributed by atoms with van der Waals surface area (Å²) in [5.74, 6) is -1.25. The number of phosphoric ester groups is 1. The number of hydrogen-bond donors (Lipinski definition) is 7. The van der Waals surface area contributed by atoms with Crippen molar-refractivity contribution in [3.8, 4) is 0 Å². The van der Waals surface area contributed by atoms with E-state index in [4.69, 9.17) is 18.5 Å². The highest BCUT2D eigenvalue weighted by Gasteiger charge is 2.51. The van der Waals surface area contributed by atoms with Gasteiger partial charge in [-0.1, -0.05) is 131 Å². The van der Waals surface area contributed by atoms with E-state index in [1.807, 2.05) is 48.6 Å². The molecule has 354 valence electrons. The molecule has 1 fully saturated rings. The highest BCUT2D eigenvalue weighted by Crippen LogP contribution is 2.47. The Morgan fingerprint density at radius 2 is 1.06 bits per heavy atom. The van der Waals surface area contributed by atoms with Crippen LogP contribution >= 0.6 is 7.82 Å². The van der Waals surface area contributed by atoms with Gasteiger partial charge >= 0.3 is 19.8 Å². The minimum absolute atomic E-state index is 0.0223. The van der Waals surface area contributed by atoms with Gasteiger partial charge in [-0.3, -0.25) is 18.6 Å². The van der Waals surface area contributed by atoms with Crippen molar-refractivity contribution in [3.63, 3.8) is 0 Å². The molecule has 0 aliphatic heterocycles. The molecule has 1 saturated carbocycles. The van der Waals surface area contributed by atoms with Gasteiger partial charge in [0.25, 0.3) is 0 Å². The van der Waals surface area contributed by atoms with Gasteiger partial charge in [-0.25, -0.2) is 4.57 Å². The van der Waals surface area contributed by atoms with Crippen molar-refractivity contribution in [1.82, 2.24) is 0 Å². The maximum absolute atomic E-state index is 12.8. The topological polar surface area (TPSA) is 230 Å². The molecular weight excluding hydrogens is 819 g/mol. The molecule has 7 N–H and O–H groups in total. The SMILES string of the molecule is CCCCC/C=C\C/C=C\C/C=C\CCCCC(=O)O[C@H](COC(=O)CCC/C=C\C/C=C\C/C=C\C=C\[C@H](O)CCCCC)COP(=O)(O)OC1[C@H](O)[C@H](O)C(O)[C@H](O)[C@H]1O. The Balaban J connectivity index is 2.57. The molecule has 1 aliphatic carbocycles. The molecule has 0 aromatic heterocycles. The third-order valence-electron chi connectivity index (χ3n) is 9.81. The molecule has 62 heavy (non-hydrogen) atoms. The van der Waals surface area contributed by atoms with Crippen LogP contribution in [0.5, 0.6) is 0 Å². The predicted octanol–water partition coefficient (Wildman–Crippen LogP) is 7.47. The summed E-state index contributed by atoms with van der Waals surface area (Å²) in [4.78, 5) is 35.6. The maximum atomic E-state index is 12.8. The van der Waals surface area contributed by atoms with Crippen LogP contribution in [0.2, 0.25) is 0 Å². The number of aliphatic hydroxyl groups is 6. The highest BCUT2D eigenvalue weighted by atomic mass is 31.2. The van der Waals surface area contributed by atoms with Crippen molar-refractivity contribution in [1.29, 1.82) is 0 Å². The van der Waals surface area contributed by atoms with Crippen molar-refractivity contribution in [3.05, 3.63) is 85.1 Å². The molecule has 0 heterocycles. The lowest BCUT2D eigenvalue weighted by molar-refractivity contribution is -0.220. The number of allylic oxidation sites excluding steroid dienone is 13. The zero-order valence-corrected chi connectivity index (χ0v) is 37.9. The van der Waals surface area contributed by atoms with E-state index in [1.165, 1.54) is 19.3 Å². The summed E-state index contributed by atoms with van der Waals surface area (Å²) < 4.78 is 33.4. The predicted molar refractivity (Wildman–Crippen MR) is 241 cm³/mol. The molecule has 0 bridgehead atoms. The second-order valence-corrected chi connectivity index (χ2v) is 16.8. The number of carbonyl (C=O) groups is 2. The number of rotatable bonds is 35. The lowest BCUT2D eigenvalue weighted by Gasteiger charge is -2.41. The summed E-state index contributed by atoms with van der Waals surface area (Å²) >= 11 is 0. The molecule has 0 amide bonds. The third kappa shape index (κ3) is 28.6. The van der Waals surface area contributed by atoms with Gasteiger partial charge in [0.1, 0.15) is 43.2 Å².